The van der Waals surface area contributed by atoms with Gasteiger partial charge in [-0.3, -0.25) is 9.89 Å². The highest BCUT2D eigenvalue weighted by atomic mass is 127. The van der Waals surface area contributed by atoms with Gasteiger partial charge in [0.1, 0.15) is 11.5 Å². The molecule has 0 bridgehead atoms. The molecule has 3 rings (SSSR count). The first-order chi connectivity index (χ1) is 15.2. The van der Waals surface area contributed by atoms with Crippen LogP contribution in [0.15, 0.2) is 53.5 Å². The third kappa shape index (κ3) is 8.48. The van der Waals surface area contributed by atoms with Crippen molar-refractivity contribution < 1.29 is 14.2 Å². The summed E-state index contributed by atoms with van der Waals surface area (Å²) in [6.45, 7) is 4.49. The SMILES string of the molecule is COc1ccc(OC)c(NC(N)=NCCCOC2CCN(Cc3ccccc3)CC2)c1.I. The number of piperidine rings is 1. The lowest BCUT2D eigenvalue weighted by molar-refractivity contribution is 0.00566. The standard InChI is InChI=1S/C24H34N4O3.HI/c1-29-21-9-10-23(30-2)22(17-21)27-24(25)26-13-6-16-31-20-11-14-28(15-12-20)18-19-7-4-3-5-8-19;/h3-5,7-10,17,20H,6,11-16,18H2,1-2H3,(H3,25,26,27);1H. The Morgan fingerprint density at radius 1 is 1.09 bits per heavy atom. The maximum absolute atomic E-state index is 6.05. The molecule has 3 N–H and O–H groups in total. The van der Waals surface area contributed by atoms with E-state index in [4.69, 9.17) is 19.9 Å². The van der Waals surface area contributed by atoms with Crippen molar-refractivity contribution in [3.63, 3.8) is 0 Å². The molecule has 2 aromatic rings. The van der Waals surface area contributed by atoms with Crippen LogP contribution in [0.3, 0.4) is 0 Å². The van der Waals surface area contributed by atoms with Crippen molar-refractivity contribution in [3.05, 3.63) is 54.1 Å². The number of ether oxygens (including phenoxy) is 3. The summed E-state index contributed by atoms with van der Waals surface area (Å²) >= 11 is 0. The minimum absolute atomic E-state index is 0. The molecule has 1 aliphatic rings. The van der Waals surface area contributed by atoms with Gasteiger partial charge >= 0.3 is 0 Å². The maximum Gasteiger partial charge on any atom is 0.193 e. The molecule has 0 aliphatic carbocycles. The topological polar surface area (TPSA) is 81.3 Å². The van der Waals surface area contributed by atoms with E-state index in [1.54, 1.807) is 14.2 Å². The summed E-state index contributed by atoms with van der Waals surface area (Å²) in [7, 11) is 3.24. The molecule has 0 spiro atoms. The summed E-state index contributed by atoms with van der Waals surface area (Å²) in [4.78, 5) is 6.89. The average Bonchev–Trinajstić information content (AvgIpc) is 2.80. The van der Waals surface area contributed by atoms with Gasteiger partial charge in [0.2, 0.25) is 0 Å². The number of rotatable bonds is 10. The lowest BCUT2D eigenvalue weighted by atomic mass is 10.1. The Kier molecular flexibility index (Phi) is 11.6. The zero-order valence-corrected chi connectivity index (χ0v) is 21.3. The van der Waals surface area contributed by atoms with Crippen molar-refractivity contribution in [3.8, 4) is 11.5 Å². The monoisotopic (exact) mass is 554 g/mol. The summed E-state index contributed by atoms with van der Waals surface area (Å²) in [5, 5.41) is 3.08. The predicted octanol–water partition coefficient (Wildman–Crippen LogP) is 4.12. The summed E-state index contributed by atoms with van der Waals surface area (Å²) in [5.74, 6) is 1.75. The molecule has 0 aromatic heterocycles. The smallest absolute Gasteiger partial charge is 0.193 e. The first-order valence-electron chi connectivity index (χ1n) is 10.8. The minimum Gasteiger partial charge on any atom is -0.497 e. The molecule has 176 valence electrons. The quantitative estimate of drug-likeness (QED) is 0.199. The van der Waals surface area contributed by atoms with Crippen molar-refractivity contribution in [2.24, 2.45) is 10.7 Å². The highest BCUT2D eigenvalue weighted by molar-refractivity contribution is 14.0. The molecule has 1 aliphatic heterocycles. The van der Waals surface area contributed by atoms with Crippen LogP contribution >= 0.6 is 24.0 Å². The number of aliphatic imine (C=N–C) groups is 1. The van der Waals surface area contributed by atoms with Crippen LogP contribution in [0.2, 0.25) is 0 Å². The Balaban J connectivity index is 0.00000363. The zero-order chi connectivity index (χ0) is 21.9. The second-order valence-electron chi connectivity index (χ2n) is 7.64. The Morgan fingerprint density at radius 3 is 2.53 bits per heavy atom. The van der Waals surface area contributed by atoms with Gasteiger partial charge in [-0.25, -0.2) is 0 Å². The van der Waals surface area contributed by atoms with Crippen molar-refractivity contribution in [2.45, 2.75) is 31.9 Å². The van der Waals surface area contributed by atoms with Gasteiger partial charge in [-0.1, -0.05) is 30.3 Å². The van der Waals surface area contributed by atoms with Crippen LogP contribution in [0.25, 0.3) is 0 Å². The molecule has 2 aromatic carbocycles. The lowest BCUT2D eigenvalue weighted by Crippen LogP contribution is -2.36. The van der Waals surface area contributed by atoms with Crippen molar-refractivity contribution in [2.75, 3.05) is 45.8 Å². The van der Waals surface area contributed by atoms with Crippen molar-refractivity contribution in [1.29, 1.82) is 0 Å². The molecule has 1 saturated heterocycles. The van der Waals surface area contributed by atoms with Gasteiger partial charge in [-0.2, -0.15) is 0 Å². The Bertz CT molecular complexity index is 827. The minimum atomic E-state index is 0. The molecule has 7 nitrogen and oxygen atoms in total. The lowest BCUT2D eigenvalue weighted by Gasteiger charge is -2.31. The van der Waals surface area contributed by atoms with E-state index in [2.05, 4.69) is 45.5 Å². The summed E-state index contributed by atoms with van der Waals surface area (Å²) in [5.41, 5.74) is 8.12. The number of nitrogens with one attached hydrogen (secondary N) is 1. The first kappa shape index (κ1) is 26.2. The molecule has 0 amide bonds. The Labute approximate surface area is 208 Å². The van der Waals surface area contributed by atoms with E-state index < -0.39 is 0 Å². The van der Waals surface area contributed by atoms with Crippen LogP contribution in [0, 0.1) is 0 Å². The summed E-state index contributed by atoms with van der Waals surface area (Å²) in [6, 6.07) is 16.1. The van der Waals surface area contributed by atoms with Crippen molar-refractivity contribution in [1.82, 2.24) is 4.90 Å². The van der Waals surface area contributed by atoms with Gasteiger partial charge < -0.3 is 25.3 Å². The maximum atomic E-state index is 6.05. The normalized spacial score (nSPS) is 15.1. The number of halogens is 1. The van der Waals surface area contributed by atoms with Gasteiger partial charge in [0, 0.05) is 38.9 Å². The second kappa shape index (κ2) is 14.2. The molecular formula is C24H35IN4O3. The highest BCUT2D eigenvalue weighted by Crippen LogP contribution is 2.28. The number of nitrogens with zero attached hydrogens (tertiary/aromatic N) is 2. The molecule has 8 heteroatoms. The largest absolute Gasteiger partial charge is 0.497 e. The molecular weight excluding hydrogens is 519 g/mol. The number of nitrogens with two attached hydrogens (primary N) is 1. The van der Waals surface area contributed by atoms with Crippen LogP contribution in [0.4, 0.5) is 5.69 Å². The number of benzene rings is 2. The number of methoxy groups -OCH3 is 2. The number of hydrogen-bond acceptors (Lipinski definition) is 5. The van der Waals surface area contributed by atoms with Crippen LogP contribution < -0.4 is 20.5 Å². The van der Waals surface area contributed by atoms with E-state index in [0.717, 1.165) is 50.3 Å². The Morgan fingerprint density at radius 2 is 1.84 bits per heavy atom. The van der Waals surface area contributed by atoms with Gasteiger partial charge in [0.25, 0.3) is 0 Å². The number of hydrogen-bond donors (Lipinski definition) is 2. The van der Waals surface area contributed by atoms with Crippen LogP contribution in [-0.2, 0) is 11.3 Å². The zero-order valence-electron chi connectivity index (χ0n) is 19.0. The van der Waals surface area contributed by atoms with E-state index in [1.165, 1.54) is 5.56 Å². The molecule has 0 atom stereocenters. The van der Waals surface area contributed by atoms with Crippen LogP contribution in [0.1, 0.15) is 24.8 Å². The highest BCUT2D eigenvalue weighted by Gasteiger charge is 2.19. The van der Waals surface area contributed by atoms with Gasteiger partial charge in [0.05, 0.1) is 26.0 Å². The third-order valence-electron chi connectivity index (χ3n) is 5.39. The fraction of sp³-hybridized carbons (Fsp3) is 0.458. The predicted molar refractivity (Wildman–Crippen MR) is 140 cm³/mol. The Hall–Kier alpha value is -2.04. The van der Waals surface area contributed by atoms with E-state index in [0.29, 0.717) is 31.0 Å². The summed E-state index contributed by atoms with van der Waals surface area (Å²) < 4.78 is 16.6. The molecule has 1 heterocycles. The van der Waals surface area contributed by atoms with E-state index in [9.17, 15) is 0 Å². The molecule has 1 fully saturated rings. The first-order valence-corrected chi connectivity index (χ1v) is 10.8. The van der Waals surface area contributed by atoms with Gasteiger partial charge in [-0.15, -0.1) is 24.0 Å². The third-order valence-corrected chi connectivity index (χ3v) is 5.39. The van der Waals surface area contributed by atoms with E-state index >= 15 is 0 Å². The van der Waals surface area contributed by atoms with Crippen LogP contribution in [-0.4, -0.2) is 57.4 Å². The second-order valence-corrected chi connectivity index (χ2v) is 7.64. The average molecular weight is 554 g/mol. The number of anilines is 1. The van der Waals surface area contributed by atoms with Gasteiger partial charge in [-0.05, 0) is 37.0 Å². The van der Waals surface area contributed by atoms with Crippen molar-refractivity contribution >= 4 is 35.6 Å². The molecule has 0 unspecified atom stereocenters. The fourth-order valence-electron chi connectivity index (χ4n) is 3.68. The number of likely N-dealkylation sites (tertiary alicyclic amines) is 1. The number of guanidine groups is 1. The molecule has 32 heavy (non-hydrogen) atoms. The van der Waals surface area contributed by atoms with Gasteiger partial charge in [0.15, 0.2) is 5.96 Å². The molecule has 0 saturated carbocycles. The van der Waals surface area contributed by atoms with E-state index in [1.807, 2.05) is 18.2 Å². The summed E-state index contributed by atoms with van der Waals surface area (Å²) in [6.07, 6.45) is 3.33. The van der Waals surface area contributed by atoms with E-state index in [-0.39, 0.29) is 24.0 Å². The fourth-order valence-corrected chi connectivity index (χ4v) is 3.68. The van der Waals surface area contributed by atoms with Crippen LogP contribution in [0.5, 0.6) is 11.5 Å². The molecule has 0 radical (unpaired) electrons.